The number of hydrogen-bond donors (Lipinski definition) is 1. The molecule has 0 aliphatic carbocycles. The molecule has 0 radical (unpaired) electrons. The molecular formula is C30H38N8O2. The summed E-state index contributed by atoms with van der Waals surface area (Å²) < 4.78 is 7.92. The minimum atomic E-state index is 0.345. The highest BCUT2D eigenvalue weighted by atomic mass is 16.5. The predicted octanol–water partition coefficient (Wildman–Crippen LogP) is 3.81. The van der Waals surface area contributed by atoms with Crippen LogP contribution in [0.25, 0.3) is 33.5 Å². The number of aromatic amines is 1. The second kappa shape index (κ2) is 10.8. The summed E-state index contributed by atoms with van der Waals surface area (Å²) in [7, 11) is 0. The molecule has 210 valence electrons. The molecule has 1 N–H and O–H groups in total. The van der Waals surface area contributed by atoms with Gasteiger partial charge in [-0.2, -0.15) is 0 Å². The van der Waals surface area contributed by atoms with Gasteiger partial charge in [0.15, 0.2) is 22.8 Å². The maximum atomic E-state index is 12.5. The smallest absolute Gasteiger partial charge is 0.222 e. The average molecular weight is 543 g/mol. The maximum Gasteiger partial charge on any atom is 0.222 e. The molecule has 0 saturated carbocycles. The first-order chi connectivity index (χ1) is 19.7. The van der Waals surface area contributed by atoms with Gasteiger partial charge >= 0.3 is 0 Å². The number of anilines is 1. The van der Waals surface area contributed by atoms with Crippen LogP contribution < -0.4 is 4.90 Å². The monoisotopic (exact) mass is 542 g/mol. The molecule has 6 heterocycles. The number of likely N-dealkylation sites (tertiary alicyclic amines) is 2. The van der Waals surface area contributed by atoms with Gasteiger partial charge in [0.05, 0.1) is 19.8 Å². The fourth-order valence-corrected chi connectivity index (χ4v) is 6.68. The van der Waals surface area contributed by atoms with Crippen LogP contribution in [0, 0.1) is 0 Å². The molecule has 4 aromatic rings. The topological polar surface area (TPSA) is 95.4 Å². The summed E-state index contributed by atoms with van der Waals surface area (Å²) >= 11 is 0. The van der Waals surface area contributed by atoms with E-state index in [-0.39, 0.29) is 0 Å². The Hall–Kier alpha value is -3.50. The minimum Gasteiger partial charge on any atom is -0.378 e. The number of nitrogens with one attached hydrogen (secondary N) is 1. The molecule has 1 amide bonds. The number of aromatic nitrogens is 5. The van der Waals surface area contributed by atoms with Crippen LogP contribution in [0.15, 0.2) is 30.5 Å². The van der Waals surface area contributed by atoms with Crippen LogP contribution in [-0.4, -0.2) is 92.2 Å². The van der Waals surface area contributed by atoms with Crippen molar-refractivity contribution in [3.05, 3.63) is 36.3 Å². The van der Waals surface area contributed by atoms with Gasteiger partial charge in [-0.15, -0.1) is 0 Å². The quantitative estimate of drug-likeness (QED) is 0.396. The maximum absolute atomic E-state index is 12.5. The Morgan fingerprint density at radius 1 is 1.00 bits per heavy atom. The fourth-order valence-electron chi connectivity index (χ4n) is 6.68. The molecule has 10 heteroatoms. The van der Waals surface area contributed by atoms with Crippen molar-refractivity contribution in [2.24, 2.45) is 0 Å². The van der Waals surface area contributed by atoms with Gasteiger partial charge in [-0.05, 0) is 44.7 Å². The third-order valence-electron chi connectivity index (χ3n) is 8.84. The first kappa shape index (κ1) is 25.5. The number of H-pyrrole nitrogens is 1. The summed E-state index contributed by atoms with van der Waals surface area (Å²) in [5.41, 5.74) is 3.87. The first-order valence-electron chi connectivity index (χ1n) is 14.9. The lowest BCUT2D eigenvalue weighted by molar-refractivity contribution is -0.136. The van der Waals surface area contributed by atoms with Crippen molar-refractivity contribution in [1.82, 2.24) is 34.3 Å². The molecule has 3 aliphatic rings. The Balaban J connectivity index is 1.22. The third-order valence-corrected chi connectivity index (χ3v) is 8.84. The van der Waals surface area contributed by atoms with Crippen molar-refractivity contribution in [1.29, 1.82) is 0 Å². The van der Waals surface area contributed by atoms with Gasteiger partial charge in [0.2, 0.25) is 5.91 Å². The second-order valence-electron chi connectivity index (χ2n) is 11.2. The number of fused-ring (bicyclic) bond motifs is 2. The van der Waals surface area contributed by atoms with E-state index in [0.29, 0.717) is 31.6 Å². The van der Waals surface area contributed by atoms with Crippen molar-refractivity contribution in [3.8, 4) is 11.4 Å². The van der Waals surface area contributed by atoms with Crippen LogP contribution in [0.4, 0.5) is 5.82 Å². The number of ether oxygens (including phenoxy) is 1. The SMILES string of the molecule is CCn1c(CN2CCC(N3CCCCC3=O)CC2)nc2c(N3CCOCC3)nc(-c3cccc4[nH]ccc34)nc21. The van der Waals surface area contributed by atoms with Gasteiger partial charge in [0.1, 0.15) is 5.82 Å². The van der Waals surface area contributed by atoms with Crippen molar-refractivity contribution in [2.75, 3.05) is 50.8 Å². The van der Waals surface area contributed by atoms with Gasteiger partial charge in [-0.3, -0.25) is 9.69 Å². The van der Waals surface area contributed by atoms with E-state index in [1.54, 1.807) is 0 Å². The number of amides is 1. The number of morpholine rings is 1. The third kappa shape index (κ3) is 4.62. The normalized spacial score (nSPS) is 19.8. The molecule has 0 spiro atoms. The molecule has 0 bridgehead atoms. The number of rotatable bonds is 6. The van der Waals surface area contributed by atoms with E-state index in [4.69, 9.17) is 19.7 Å². The first-order valence-corrected chi connectivity index (χ1v) is 14.9. The summed E-state index contributed by atoms with van der Waals surface area (Å²) in [6.07, 6.45) is 6.92. The van der Waals surface area contributed by atoms with Crippen LogP contribution in [0.2, 0.25) is 0 Å². The van der Waals surface area contributed by atoms with E-state index >= 15 is 0 Å². The van der Waals surface area contributed by atoms with Crippen LogP contribution in [0.3, 0.4) is 0 Å². The van der Waals surface area contributed by atoms with E-state index < -0.39 is 0 Å². The number of carbonyl (C=O) groups is 1. The zero-order valence-corrected chi connectivity index (χ0v) is 23.3. The van der Waals surface area contributed by atoms with Crippen molar-refractivity contribution >= 4 is 33.8 Å². The molecule has 3 fully saturated rings. The lowest BCUT2D eigenvalue weighted by Crippen LogP contribution is -2.49. The fraction of sp³-hybridized carbons (Fsp3) is 0.533. The Bertz CT molecular complexity index is 1510. The van der Waals surface area contributed by atoms with Crippen LogP contribution in [0.1, 0.15) is 44.9 Å². The lowest BCUT2D eigenvalue weighted by atomic mass is 9.99. The van der Waals surface area contributed by atoms with Crippen molar-refractivity contribution in [3.63, 3.8) is 0 Å². The molecule has 3 saturated heterocycles. The largest absolute Gasteiger partial charge is 0.378 e. The van der Waals surface area contributed by atoms with E-state index in [0.717, 1.165) is 117 Å². The summed E-state index contributed by atoms with van der Waals surface area (Å²) in [6, 6.07) is 8.71. The van der Waals surface area contributed by atoms with E-state index in [9.17, 15) is 4.79 Å². The molecular weight excluding hydrogens is 504 g/mol. The van der Waals surface area contributed by atoms with E-state index in [1.807, 2.05) is 6.20 Å². The Labute approximate surface area is 234 Å². The predicted molar refractivity (Wildman–Crippen MR) is 155 cm³/mol. The number of benzene rings is 1. The number of carbonyl (C=O) groups excluding carboxylic acids is 1. The number of imidazole rings is 1. The lowest BCUT2D eigenvalue weighted by Gasteiger charge is -2.40. The van der Waals surface area contributed by atoms with E-state index in [1.165, 1.54) is 0 Å². The number of hydrogen-bond acceptors (Lipinski definition) is 7. The van der Waals surface area contributed by atoms with Gasteiger partial charge in [0.25, 0.3) is 0 Å². The molecule has 0 unspecified atom stereocenters. The highest BCUT2D eigenvalue weighted by Crippen LogP contribution is 2.32. The standard InChI is InChI=1S/C30H38N8O2/c1-2-37-25(20-35-14-10-21(11-15-35)38-13-4-3-8-26(38)39)32-27-29(36-16-18-40-19-17-36)33-28(34-30(27)37)23-6-5-7-24-22(23)9-12-31-24/h5-7,9,12,21,31H,2-4,8,10-11,13-20H2,1H3. The molecule has 10 nitrogen and oxygen atoms in total. The number of piperidine rings is 2. The molecule has 0 atom stereocenters. The molecule has 40 heavy (non-hydrogen) atoms. The summed E-state index contributed by atoms with van der Waals surface area (Å²) in [5, 5.41) is 1.12. The zero-order valence-electron chi connectivity index (χ0n) is 23.3. The summed E-state index contributed by atoms with van der Waals surface area (Å²) in [5.74, 6) is 3.00. The van der Waals surface area contributed by atoms with Gasteiger partial charge < -0.3 is 24.1 Å². The van der Waals surface area contributed by atoms with Gasteiger partial charge in [-0.1, -0.05) is 12.1 Å². The highest BCUT2D eigenvalue weighted by molar-refractivity contribution is 5.95. The zero-order chi connectivity index (χ0) is 27.1. The minimum absolute atomic E-state index is 0.345. The number of aryl methyl sites for hydroxylation is 1. The van der Waals surface area contributed by atoms with Crippen LogP contribution in [0.5, 0.6) is 0 Å². The highest BCUT2D eigenvalue weighted by Gasteiger charge is 2.30. The van der Waals surface area contributed by atoms with E-state index in [2.05, 4.69) is 55.4 Å². The van der Waals surface area contributed by atoms with Crippen molar-refractivity contribution in [2.45, 2.75) is 58.2 Å². The average Bonchev–Trinajstić information content (AvgIpc) is 3.62. The van der Waals surface area contributed by atoms with Gasteiger partial charge in [-0.25, -0.2) is 15.0 Å². The summed E-state index contributed by atoms with van der Waals surface area (Å²) in [4.78, 5) is 38.2. The van der Waals surface area contributed by atoms with Crippen LogP contribution in [-0.2, 0) is 22.6 Å². The Morgan fingerprint density at radius 2 is 1.85 bits per heavy atom. The number of nitrogens with zero attached hydrogens (tertiary/aromatic N) is 7. The van der Waals surface area contributed by atoms with Crippen LogP contribution >= 0.6 is 0 Å². The Kier molecular flexibility index (Phi) is 6.89. The summed E-state index contributed by atoms with van der Waals surface area (Å²) in [6.45, 7) is 9.56. The van der Waals surface area contributed by atoms with Gasteiger partial charge in [0, 0.05) is 74.4 Å². The molecule has 3 aromatic heterocycles. The molecule has 7 rings (SSSR count). The molecule has 3 aliphatic heterocycles. The Morgan fingerprint density at radius 3 is 2.65 bits per heavy atom. The van der Waals surface area contributed by atoms with Crippen molar-refractivity contribution < 1.29 is 9.53 Å². The second-order valence-corrected chi connectivity index (χ2v) is 11.2. The molecule has 1 aromatic carbocycles.